The van der Waals surface area contributed by atoms with Crippen molar-refractivity contribution in [3.05, 3.63) is 30.3 Å². The average Bonchev–Trinajstić information content (AvgIpc) is 2.84. The van der Waals surface area contributed by atoms with Gasteiger partial charge in [-0.2, -0.15) is 0 Å². The zero-order valence-electron chi connectivity index (χ0n) is 13.3. The molecule has 0 saturated carbocycles. The SMILES string of the molecule is CO[C@@H]1OC[C@H](OC(=S)Oc2ccccc2)[C@H]2OC(C)(C)O[C@@H]12. The molecule has 2 heterocycles. The lowest BCUT2D eigenvalue weighted by molar-refractivity contribution is -0.236. The van der Waals surface area contributed by atoms with Gasteiger partial charge in [0.1, 0.15) is 18.0 Å². The maximum atomic E-state index is 5.93. The molecule has 0 bridgehead atoms. The van der Waals surface area contributed by atoms with Crippen LogP contribution in [0.15, 0.2) is 30.3 Å². The fourth-order valence-electron chi connectivity index (χ4n) is 2.73. The zero-order chi connectivity index (χ0) is 16.4. The first-order valence-corrected chi connectivity index (χ1v) is 7.83. The lowest BCUT2D eigenvalue weighted by Crippen LogP contribution is -2.53. The molecule has 2 saturated heterocycles. The summed E-state index contributed by atoms with van der Waals surface area (Å²) >= 11 is 5.16. The minimum atomic E-state index is -0.733. The Kier molecular flexibility index (Phi) is 4.84. The Morgan fingerprint density at radius 1 is 1.17 bits per heavy atom. The van der Waals surface area contributed by atoms with Gasteiger partial charge in [0.05, 0.1) is 6.61 Å². The van der Waals surface area contributed by atoms with Gasteiger partial charge in [-0.25, -0.2) is 0 Å². The van der Waals surface area contributed by atoms with Crippen LogP contribution in [0.25, 0.3) is 0 Å². The molecule has 23 heavy (non-hydrogen) atoms. The summed E-state index contributed by atoms with van der Waals surface area (Å²) in [4.78, 5) is 0. The number of thiocarbonyl (C=S) groups is 1. The third-order valence-corrected chi connectivity index (χ3v) is 3.83. The van der Waals surface area contributed by atoms with E-state index in [-0.39, 0.29) is 24.1 Å². The Bertz CT molecular complexity index is 549. The molecule has 2 fully saturated rings. The molecule has 0 aromatic heterocycles. The van der Waals surface area contributed by atoms with Crippen LogP contribution in [-0.4, -0.2) is 49.3 Å². The van der Waals surface area contributed by atoms with Gasteiger partial charge >= 0.3 is 5.24 Å². The molecule has 126 valence electrons. The highest BCUT2D eigenvalue weighted by Crippen LogP contribution is 2.36. The predicted octanol–water partition coefficient (Wildman–Crippen LogP) is 2.26. The molecule has 6 nitrogen and oxygen atoms in total. The molecule has 4 atom stereocenters. The molecule has 0 unspecified atom stereocenters. The van der Waals surface area contributed by atoms with Crippen LogP contribution in [0.5, 0.6) is 5.75 Å². The molecule has 1 aromatic carbocycles. The minimum Gasteiger partial charge on any atom is -0.448 e. The molecule has 2 aliphatic rings. The smallest absolute Gasteiger partial charge is 0.358 e. The number of para-hydroxylation sites is 1. The third kappa shape index (κ3) is 3.81. The van der Waals surface area contributed by atoms with Crippen LogP contribution in [0, 0.1) is 0 Å². The molecule has 0 spiro atoms. The molecule has 0 aliphatic carbocycles. The van der Waals surface area contributed by atoms with Gasteiger partial charge in [0.15, 0.2) is 18.2 Å². The van der Waals surface area contributed by atoms with E-state index in [1.807, 2.05) is 32.0 Å². The van der Waals surface area contributed by atoms with Gasteiger partial charge in [-0.3, -0.25) is 0 Å². The fraction of sp³-hybridized carbons (Fsp3) is 0.562. The summed E-state index contributed by atoms with van der Waals surface area (Å²) in [6.45, 7) is 3.96. The fourth-order valence-corrected chi connectivity index (χ4v) is 2.95. The van der Waals surface area contributed by atoms with E-state index in [1.54, 1.807) is 19.2 Å². The second kappa shape index (κ2) is 6.70. The first kappa shape index (κ1) is 16.6. The zero-order valence-corrected chi connectivity index (χ0v) is 14.1. The van der Waals surface area contributed by atoms with Crippen molar-refractivity contribution in [3.63, 3.8) is 0 Å². The molecule has 0 amide bonds. The van der Waals surface area contributed by atoms with Gasteiger partial charge in [0.25, 0.3) is 0 Å². The lowest BCUT2D eigenvalue weighted by atomic mass is 10.1. The summed E-state index contributed by atoms with van der Waals surface area (Å²) in [6, 6.07) is 9.21. The highest BCUT2D eigenvalue weighted by atomic mass is 32.1. The van der Waals surface area contributed by atoms with Gasteiger partial charge in [-0.1, -0.05) is 18.2 Å². The number of ether oxygens (including phenoxy) is 6. The van der Waals surface area contributed by atoms with Crippen LogP contribution >= 0.6 is 12.2 Å². The molecule has 3 rings (SSSR count). The van der Waals surface area contributed by atoms with Gasteiger partial charge < -0.3 is 28.4 Å². The van der Waals surface area contributed by atoms with Crippen molar-refractivity contribution in [3.8, 4) is 5.75 Å². The quantitative estimate of drug-likeness (QED) is 0.782. The van der Waals surface area contributed by atoms with Crippen molar-refractivity contribution in [2.75, 3.05) is 13.7 Å². The monoisotopic (exact) mass is 340 g/mol. The van der Waals surface area contributed by atoms with Gasteiger partial charge in [-0.05, 0) is 26.0 Å². The number of rotatable bonds is 3. The lowest BCUT2D eigenvalue weighted by Gasteiger charge is -2.35. The molecule has 0 N–H and O–H groups in total. The highest BCUT2D eigenvalue weighted by Gasteiger charge is 2.53. The van der Waals surface area contributed by atoms with Gasteiger partial charge in [0.2, 0.25) is 0 Å². The Balaban J connectivity index is 1.64. The highest BCUT2D eigenvalue weighted by molar-refractivity contribution is 7.79. The topological polar surface area (TPSA) is 55.4 Å². The summed E-state index contributed by atoms with van der Waals surface area (Å²) in [7, 11) is 1.57. The number of hydrogen-bond donors (Lipinski definition) is 0. The minimum absolute atomic E-state index is 0.0210. The molecule has 1 aromatic rings. The maximum absolute atomic E-state index is 5.93. The average molecular weight is 340 g/mol. The number of benzene rings is 1. The second-order valence-corrected chi connectivity index (χ2v) is 6.16. The Morgan fingerprint density at radius 2 is 1.87 bits per heavy atom. The van der Waals surface area contributed by atoms with Crippen LogP contribution in [0.3, 0.4) is 0 Å². The Hall–Kier alpha value is -1.25. The first-order chi connectivity index (χ1) is 11.0. The summed E-state index contributed by atoms with van der Waals surface area (Å²) in [5.74, 6) is -0.118. The van der Waals surface area contributed by atoms with Crippen molar-refractivity contribution in [1.29, 1.82) is 0 Å². The van der Waals surface area contributed by atoms with E-state index in [1.165, 1.54) is 0 Å². The van der Waals surface area contributed by atoms with E-state index in [4.69, 9.17) is 40.6 Å². The van der Waals surface area contributed by atoms with Crippen LogP contribution < -0.4 is 4.74 Å². The normalized spacial score (nSPS) is 32.1. The maximum Gasteiger partial charge on any atom is 0.358 e. The first-order valence-electron chi connectivity index (χ1n) is 7.42. The van der Waals surface area contributed by atoms with Crippen molar-refractivity contribution < 1.29 is 28.4 Å². The summed E-state index contributed by atoms with van der Waals surface area (Å²) < 4.78 is 33.9. The van der Waals surface area contributed by atoms with E-state index in [2.05, 4.69) is 0 Å². The Labute approximate surface area is 140 Å². The van der Waals surface area contributed by atoms with Crippen LogP contribution in [0.4, 0.5) is 0 Å². The van der Waals surface area contributed by atoms with Gasteiger partial charge in [0, 0.05) is 19.3 Å². The van der Waals surface area contributed by atoms with Crippen molar-refractivity contribution in [2.45, 2.75) is 44.2 Å². The van der Waals surface area contributed by atoms with Gasteiger partial charge in [-0.15, -0.1) is 0 Å². The van der Waals surface area contributed by atoms with E-state index in [0.29, 0.717) is 5.75 Å². The molecule has 2 aliphatic heterocycles. The predicted molar refractivity (Wildman–Crippen MR) is 85.1 cm³/mol. The summed E-state index contributed by atoms with van der Waals surface area (Å²) in [5, 5.41) is 0.0210. The van der Waals surface area contributed by atoms with Crippen LogP contribution in [0.1, 0.15) is 13.8 Å². The van der Waals surface area contributed by atoms with Crippen LogP contribution in [-0.2, 0) is 23.7 Å². The van der Waals surface area contributed by atoms with E-state index in [9.17, 15) is 0 Å². The number of fused-ring (bicyclic) bond motifs is 1. The van der Waals surface area contributed by atoms with Crippen molar-refractivity contribution in [2.24, 2.45) is 0 Å². The molecule has 7 heteroatoms. The Morgan fingerprint density at radius 3 is 2.57 bits per heavy atom. The number of methoxy groups -OCH3 is 1. The standard InChI is InChI=1S/C16H20O6S/c1-16(2)21-12-11(9-18-14(17-3)13(12)22-16)20-15(23)19-10-7-5-4-6-8-10/h4-8,11-14H,9H2,1-3H3/t11-,12+,13+,14+/m0/s1. The molecular formula is C16H20O6S. The van der Waals surface area contributed by atoms with Crippen molar-refractivity contribution >= 4 is 17.5 Å². The van der Waals surface area contributed by atoms with Crippen LogP contribution in [0.2, 0.25) is 0 Å². The third-order valence-electron chi connectivity index (χ3n) is 3.65. The number of hydrogen-bond acceptors (Lipinski definition) is 7. The summed E-state index contributed by atoms with van der Waals surface area (Å²) in [6.07, 6.45) is -1.65. The molecule has 0 radical (unpaired) electrons. The largest absolute Gasteiger partial charge is 0.448 e. The van der Waals surface area contributed by atoms with E-state index >= 15 is 0 Å². The van der Waals surface area contributed by atoms with E-state index in [0.717, 1.165) is 0 Å². The summed E-state index contributed by atoms with van der Waals surface area (Å²) in [5.41, 5.74) is 0. The van der Waals surface area contributed by atoms with E-state index < -0.39 is 18.2 Å². The second-order valence-electron chi connectivity index (χ2n) is 5.82. The van der Waals surface area contributed by atoms with Crippen molar-refractivity contribution in [1.82, 2.24) is 0 Å². The molecular weight excluding hydrogens is 320 g/mol.